The minimum atomic E-state index is -0.959. The van der Waals surface area contributed by atoms with Gasteiger partial charge in [0.2, 0.25) is 0 Å². The molecule has 0 amide bonds. The minimum Gasteiger partial charge on any atom is -0.493 e. The first kappa shape index (κ1) is 17.9. The summed E-state index contributed by atoms with van der Waals surface area (Å²) in [5.74, 6) is 0.290. The lowest BCUT2D eigenvalue weighted by Gasteiger charge is -2.11. The number of carboxylic acid groups (broad SMARTS) is 1. The molecule has 0 saturated heterocycles. The third-order valence-corrected chi connectivity index (χ3v) is 5.09. The highest BCUT2D eigenvalue weighted by molar-refractivity contribution is 7.17. The Morgan fingerprint density at radius 3 is 2.58 bits per heavy atom. The molecule has 0 atom stereocenters. The summed E-state index contributed by atoms with van der Waals surface area (Å²) in [6, 6.07) is 15.6. The second-order valence-electron chi connectivity index (χ2n) is 5.69. The van der Waals surface area contributed by atoms with Gasteiger partial charge in [-0.25, -0.2) is 9.78 Å². The van der Waals surface area contributed by atoms with Crippen LogP contribution in [0.15, 0.2) is 48.5 Å². The summed E-state index contributed by atoms with van der Waals surface area (Å²) in [6.45, 7) is 2.24. The third-order valence-electron chi connectivity index (χ3n) is 3.89. The molecule has 0 radical (unpaired) electrons. The second-order valence-corrected chi connectivity index (χ2v) is 6.69. The quantitative estimate of drug-likeness (QED) is 0.666. The summed E-state index contributed by atoms with van der Waals surface area (Å²) in [6.07, 6.45) is 0.805. The van der Waals surface area contributed by atoms with E-state index in [4.69, 9.17) is 9.47 Å². The van der Waals surface area contributed by atoms with Crippen molar-refractivity contribution in [1.29, 1.82) is 0 Å². The highest BCUT2D eigenvalue weighted by Crippen LogP contribution is 2.35. The Kier molecular flexibility index (Phi) is 5.53. The number of aryl methyl sites for hydroxylation is 1. The van der Waals surface area contributed by atoms with Gasteiger partial charge in [-0.3, -0.25) is 0 Å². The van der Waals surface area contributed by atoms with E-state index in [1.165, 1.54) is 5.56 Å². The summed E-state index contributed by atoms with van der Waals surface area (Å²) in [5.41, 5.74) is 2.53. The van der Waals surface area contributed by atoms with Gasteiger partial charge in [0, 0.05) is 12.0 Å². The molecular formula is C20H19NO4S. The fourth-order valence-electron chi connectivity index (χ4n) is 2.56. The van der Waals surface area contributed by atoms with E-state index in [1.54, 1.807) is 14.0 Å². The summed E-state index contributed by atoms with van der Waals surface area (Å²) in [4.78, 5) is 15.8. The summed E-state index contributed by atoms with van der Waals surface area (Å²) < 4.78 is 11.3. The lowest BCUT2D eigenvalue weighted by atomic mass is 10.2. The molecule has 3 rings (SSSR count). The number of ether oxygens (including phenoxy) is 2. The first-order valence-corrected chi connectivity index (χ1v) is 8.96. The zero-order valence-electron chi connectivity index (χ0n) is 14.6. The molecule has 0 saturated carbocycles. The van der Waals surface area contributed by atoms with Gasteiger partial charge in [0.05, 0.1) is 19.4 Å². The molecule has 0 spiro atoms. The molecule has 3 aromatic rings. The van der Waals surface area contributed by atoms with Crippen molar-refractivity contribution < 1.29 is 19.4 Å². The predicted octanol–water partition coefficient (Wildman–Crippen LogP) is 4.45. The minimum absolute atomic E-state index is 0.252. The molecule has 0 aliphatic rings. The Morgan fingerprint density at radius 1 is 1.15 bits per heavy atom. The van der Waals surface area contributed by atoms with E-state index in [0.717, 1.165) is 23.3 Å². The molecule has 1 aromatic heterocycles. The number of carbonyl (C=O) groups is 1. The Hall–Kier alpha value is -2.86. The van der Waals surface area contributed by atoms with Gasteiger partial charge >= 0.3 is 5.97 Å². The number of hydrogen-bond acceptors (Lipinski definition) is 5. The van der Waals surface area contributed by atoms with Crippen molar-refractivity contribution in [1.82, 2.24) is 4.98 Å². The van der Waals surface area contributed by atoms with Crippen molar-refractivity contribution >= 4 is 17.3 Å². The lowest BCUT2D eigenvalue weighted by molar-refractivity contribution is 0.0701. The van der Waals surface area contributed by atoms with Gasteiger partial charge in [0.15, 0.2) is 11.5 Å². The van der Waals surface area contributed by atoms with Gasteiger partial charge in [-0.05, 0) is 30.7 Å². The van der Waals surface area contributed by atoms with Crippen LogP contribution in [0.4, 0.5) is 0 Å². The molecule has 6 heteroatoms. The molecular weight excluding hydrogens is 350 g/mol. The summed E-state index contributed by atoms with van der Waals surface area (Å²) in [7, 11) is 1.58. The Labute approximate surface area is 155 Å². The van der Waals surface area contributed by atoms with Crippen molar-refractivity contribution in [2.75, 3.05) is 13.7 Å². The number of aromatic nitrogens is 1. The van der Waals surface area contributed by atoms with E-state index >= 15 is 0 Å². The van der Waals surface area contributed by atoms with E-state index in [9.17, 15) is 9.90 Å². The van der Waals surface area contributed by atoms with Crippen molar-refractivity contribution in [3.8, 4) is 22.1 Å². The molecule has 26 heavy (non-hydrogen) atoms. The smallest absolute Gasteiger partial charge is 0.347 e. The molecule has 0 aliphatic heterocycles. The molecule has 1 heterocycles. The number of nitrogens with zero attached hydrogens (tertiary/aromatic N) is 1. The summed E-state index contributed by atoms with van der Waals surface area (Å²) in [5, 5.41) is 9.83. The van der Waals surface area contributed by atoms with Crippen molar-refractivity contribution in [3.05, 3.63) is 64.7 Å². The van der Waals surface area contributed by atoms with Crippen LogP contribution in [0.5, 0.6) is 11.5 Å². The molecule has 0 unspecified atom stereocenters. The molecule has 0 bridgehead atoms. The van der Waals surface area contributed by atoms with Gasteiger partial charge in [0.1, 0.15) is 9.88 Å². The van der Waals surface area contributed by atoms with Crippen LogP contribution < -0.4 is 9.47 Å². The topological polar surface area (TPSA) is 68.7 Å². The van der Waals surface area contributed by atoms with E-state index in [-0.39, 0.29) is 4.88 Å². The van der Waals surface area contributed by atoms with Crippen molar-refractivity contribution in [2.24, 2.45) is 0 Å². The van der Waals surface area contributed by atoms with Gasteiger partial charge in [-0.2, -0.15) is 0 Å². The van der Waals surface area contributed by atoms with Gasteiger partial charge < -0.3 is 14.6 Å². The zero-order chi connectivity index (χ0) is 18.5. The van der Waals surface area contributed by atoms with E-state index in [0.29, 0.717) is 28.8 Å². The first-order valence-electron chi connectivity index (χ1n) is 8.14. The van der Waals surface area contributed by atoms with Gasteiger partial charge in [-0.15, -0.1) is 11.3 Å². The zero-order valence-corrected chi connectivity index (χ0v) is 15.4. The fourth-order valence-corrected chi connectivity index (χ4v) is 3.46. The van der Waals surface area contributed by atoms with Crippen LogP contribution in [0, 0.1) is 6.92 Å². The predicted molar refractivity (Wildman–Crippen MR) is 101 cm³/mol. The summed E-state index contributed by atoms with van der Waals surface area (Å²) >= 11 is 1.15. The number of benzene rings is 2. The Balaban J connectivity index is 1.75. The van der Waals surface area contributed by atoms with E-state index < -0.39 is 5.97 Å². The number of thiazole rings is 1. The van der Waals surface area contributed by atoms with Crippen LogP contribution in [0.1, 0.15) is 20.9 Å². The largest absolute Gasteiger partial charge is 0.493 e. The normalized spacial score (nSPS) is 10.5. The lowest BCUT2D eigenvalue weighted by Crippen LogP contribution is -2.02. The van der Waals surface area contributed by atoms with Crippen LogP contribution in [0.25, 0.3) is 10.6 Å². The molecule has 1 N–H and O–H groups in total. The standard InChI is InChI=1S/C20H19NO4S/c1-13-18(20(22)23)26-19(21-13)15-8-9-16(17(12-15)24-2)25-11-10-14-6-4-3-5-7-14/h3-9,12H,10-11H2,1-2H3,(H,22,23). The van der Waals surface area contributed by atoms with Crippen LogP contribution >= 0.6 is 11.3 Å². The van der Waals surface area contributed by atoms with Crippen molar-refractivity contribution in [3.63, 3.8) is 0 Å². The third kappa shape index (κ3) is 4.03. The van der Waals surface area contributed by atoms with Gasteiger partial charge in [-0.1, -0.05) is 30.3 Å². The Bertz CT molecular complexity index is 905. The number of carboxylic acids is 1. The first-order chi connectivity index (χ1) is 12.6. The van der Waals surface area contributed by atoms with Crippen LogP contribution in [0.3, 0.4) is 0 Å². The maximum Gasteiger partial charge on any atom is 0.347 e. The highest BCUT2D eigenvalue weighted by Gasteiger charge is 2.16. The molecule has 134 valence electrons. The van der Waals surface area contributed by atoms with Gasteiger partial charge in [0.25, 0.3) is 0 Å². The number of methoxy groups -OCH3 is 1. The average molecular weight is 369 g/mol. The Morgan fingerprint density at radius 2 is 1.92 bits per heavy atom. The SMILES string of the molecule is COc1cc(-c2nc(C)c(C(=O)O)s2)ccc1OCCc1ccccc1. The average Bonchev–Trinajstić information content (AvgIpc) is 3.05. The molecule has 2 aromatic carbocycles. The van der Waals surface area contributed by atoms with Crippen molar-refractivity contribution in [2.45, 2.75) is 13.3 Å². The van der Waals surface area contributed by atoms with E-state index in [1.807, 2.05) is 36.4 Å². The number of rotatable bonds is 7. The monoisotopic (exact) mass is 369 g/mol. The number of hydrogen-bond donors (Lipinski definition) is 1. The van der Waals surface area contributed by atoms with Crippen LogP contribution in [-0.4, -0.2) is 29.8 Å². The number of aromatic carboxylic acids is 1. The maximum absolute atomic E-state index is 11.2. The van der Waals surface area contributed by atoms with Crippen LogP contribution in [0.2, 0.25) is 0 Å². The molecule has 0 fully saturated rings. The second kappa shape index (κ2) is 8.01. The molecule has 5 nitrogen and oxygen atoms in total. The molecule has 0 aliphatic carbocycles. The van der Waals surface area contributed by atoms with Crippen LogP contribution in [-0.2, 0) is 6.42 Å². The maximum atomic E-state index is 11.2. The fraction of sp³-hybridized carbons (Fsp3) is 0.200. The van der Waals surface area contributed by atoms with E-state index in [2.05, 4.69) is 17.1 Å². The highest BCUT2D eigenvalue weighted by atomic mass is 32.1.